The Bertz CT molecular complexity index is 588. The number of nitrogens with two attached hydrogens (primary N) is 1. The average molecular weight is 381 g/mol. The van der Waals surface area contributed by atoms with E-state index < -0.39 is 0 Å². The Kier molecular flexibility index (Phi) is 8.15. The Morgan fingerprint density at radius 2 is 1.63 bits per heavy atom. The lowest BCUT2D eigenvalue weighted by atomic mass is 10.1. The highest BCUT2D eigenvalue weighted by Gasteiger charge is 2.24. The lowest BCUT2D eigenvalue weighted by Crippen LogP contribution is -2.49. The SMILES string of the molecule is COc1cc(CN2CCN(C(=O)CC(CN)OC)CC2)cc(OC)c1OC. The third-order valence-corrected chi connectivity index (χ3v) is 4.85. The van der Waals surface area contributed by atoms with Gasteiger partial charge in [-0.1, -0.05) is 0 Å². The minimum Gasteiger partial charge on any atom is -0.493 e. The van der Waals surface area contributed by atoms with E-state index >= 15 is 0 Å². The predicted molar refractivity (Wildman–Crippen MR) is 102 cm³/mol. The molecule has 152 valence electrons. The Labute approximate surface area is 161 Å². The second-order valence-corrected chi connectivity index (χ2v) is 6.49. The summed E-state index contributed by atoms with van der Waals surface area (Å²) in [5.41, 5.74) is 6.68. The predicted octanol–water partition coefficient (Wildman–Crippen LogP) is 0.720. The summed E-state index contributed by atoms with van der Waals surface area (Å²) in [6.07, 6.45) is 0.120. The van der Waals surface area contributed by atoms with Gasteiger partial charge in [-0.05, 0) is 17.7 Å². The van der Waals surface area contributed by atoms with E-state index in [9.17, 15) is 4.79 Å². The molecule has 1 aromatic carbocycles. The van der Waals surface area contributed by atoms with Gasteiger partial charge in [-0.25, -0.2) is 0 Å². The van der Waals surface area contributed by atoms with E-state index in [0.717, 1.165) is 25.2 Å². The number of rotatable bonds is 9. The molecule has 8 heteroatoms. The normalized spacial score (nSPS) is 16.1. The first-order valence-corrected chi connectivity index (χ1v) is 9.08. The van der Waals surface area contributed by atoms with Gasteiger partial charge in [-0.15, -0.1) is 0 Å². The summed E-state index contributed by atoms with van der Waals surface area (Å²) in [6.45, 7) is 4.12. The Hall–Kier alpha value is -2.03. The van der Waals surface area contributed by atoms with Crippen LogP contribution in [0.15, 0.2) is 12.1 Å². The van der Waals surface area contributed by atoms with Gasteiger partial charge in [0.1, 0.15) is 0 Å². The van der Waals surface area contributed by atoms with E-state index in [1.54, 1.807) is 28.4 Å². The second kappa shape index (κ2) is 10.3. The molecule has 1 amide bonds. The summed E-state index contributed by atoms with van der Waals surface area (Å²) in [5.74, 6) is 1.98. The summed E-state index contributed by atoms with van der Waals surface area (Å²) >= 11 is 0. The van der Waals surface area contributed by atoms with Crippen LogP contribution in [0.5, 0.6) is 17.2 Å². The fourth-order valence-corrected chi connectivity index (χ4v) is 3.23. The van der Waals surface area contributed by atoms with E-state index in [2.05, 4.69) is 4.90 Å². The molecule has 1 aliphatic heterocycles. The first kappa shape index (κ1) is 21.3. The second-order valence-electron chi connectivity index (χ2n) is 6.49. The van der Waals surface area contributed by atoms with Crippen molar-refractivity contribution in [2.75, 3.05) is 61.2 Å². The van der Waals surface area contributed by atoms with E-state index in [0.29, 0.717) is 43.3 Å². The van der Waals surface area contributed by atoms with Gasteiger partial charge in [0, 0.05) is 46.4 Å². The molecule has 0 radical (unpaired) electrons. The third-order valence-electron chi connectivity index (χ3n) is 4.85. The number of carbonyl (C=O) groups excluding carboxylic acids is 1. The van der Waals surface area contributed by atoms with Crippen LogP contribution in [-0.2, 0) is 16.1 Å². The number of hydrogen-bond acceptors (Lipinski definition) is 7. The molecule has 8 nitrogen and oxygen atoms in total. The third kappa shape index (κ3) is 5.47. The molecular formula is C19H31N3O5. The molecule has 0 aliphatic carbocycles. The van der Waals surface area contributed by atoms with Crippen LogP contribution in [-0.4, -0.2) is 83.0 Å². The molecule has 1 atom stereocenters. The highest BCUT2D eigenvalue weighted by Crippen LogP contribution is 2.38. The molecule has 1 heterocycles. The lowest BCUT2D eigenvalue weighted by Gasteiger charge is -2.35. The van der Waals surface area contributed by atoms with Gasteiger partial charge >= 0.3 is 0 Å². The number of piperazine rings is 1. The zero-order valence-electron chi connectivity index (χ0n) is 16.7. The smallest absolute Gasteiger partial charge is 0.225 e. The van der Waals surface area contributed by atoms with Crippen molar-refractivity contribution in [3.8, 4) is 17.2 Å². The van der Waals surface area contributed by atoms with Crippen molar-refractivity contribution in [1.29, 1.82) is 0 Å². The quantitative estimate of drug-likeness (QED) is 0.674. The van der Waals surface area contributed by atoms with Gasteiger partial charge in [0.25, 0.3) is 0 Å². The van der Waals surface area contributed by atoms with Gasteiger partial charge < -0.3 is 29.6 Å². The van der Waals surface area contributed by atoms with Crippen LogP contribution in [0.3, 0.4) is 0 Å². The minimum atomic E-state index is -0.213. The molecule has 1 fully saturated rings. The average Bonchev–Trinajstić information content (AvgIpc) is 2.71. The fourth-order valence-electron chi connectivity index (χ4n) is 3.23. The minimum absolute atomic E-state index is 0.0970. The molecule has 27 heavy (non-hydrogen) atoms. The molecule has 1 saturated heterocycles. The maximum Gasteiger partial charge on any atom is 0.225 e. The van der Waals surface area contributed by atoms with Crippen molar-refractivity contribution in [2.45, 2.75) is 19.1 Å². The first-order valence-electron chi connectivity index (χ1n) is 9.08. The molecule has 1 aliphatic rings. The van der Waals surface area contributed by atoms with Crippen LogP contribution in [0.1, 0.15) is 12.0 Å². The van der Waals surface area contributed by atoms with Crippen LogP contribution in [0.2, 0.25) is 0 Å². The van der Waals surface area contributed by atoms with E-state index in [1.165, 1.54) is 0 Å². The van der Waals surface area contributed by atoms with Crippen molar-refractivity contribution in [2.24, 2.45) is 5.73 Å². The first-order chi connectivity index (χ1) is 13.1. The largest absolute Gasteiger partial charge is 0.493 e. The Morgan fingerprint density at radius 3 is 2.07 bits per heavy atom. The van der Waals surface area contributed by atoms with Crippen LogP contribution in [0.4, 0.5) is 0 Å². The number of amides is 1. The van der Waals surface area contributed by atoms with Crippen molar-refractivity contribution in [1.82, 2.24) is 9.80 Å². The molecule has 0 bridgehead atoms. The summed E-state index contributed by atoms with van der Waals surface area (Å²) in [5, 5.41) is 0. The molecule has 2 rings (SSSR count). The van der Waals surface area contributed by atoms with E-state index in [1.807, 2.05) is 17.0 Å². The Balaban J connectivity index is 1.95. The number of hydrogen-bond donors (Lipinski definition) is 1. The molecule has 0 spiro atoms. The summed E-state index contributed by atoms with van der Waals surface area (Å²) in [4.78, 5) is 16.5. The van der Waals surface area contributed by atoms with Crippen molar-refractivity contribution in [3.63, 3.8) is 0 Å². The number of carbonyl (C=O) groups is 1. The van der Waals surface area contributed by atoms with E-state index in [-0.39, 0.29) is 12.0 Å². The fraction of sp³-hybridized carbons (Fsp3) is 0.632. The van der Waals surface area contributed by atoms with Gasteiger partial charge in [-0.3, -0.25) is 9.69 Å². The molecule has 0 saturated carbocycles. The maximum absolute atomic E-state index is 12.4. The summed E-state index contributed by atoms with van der Waals surface area (Å²) in [6, 6.07) is 3.92. The number of ether oxygens (including phenoxy) is 4. The van der Waals surface area contributed by atoms with Crippen molar-refractivity contribution in [3.05, 3.63) is 17.7 Å². The van der Waals surface area contributed by atoms with Gasteiger partial charge in [-0.2, -0.15) is 0 Å². The standard InChI is InChI=1S/C19H31N3O5/c1-24-15(12-20)11-18(23)22-7-5-21(6-8-22)13-14-9-16(25-2)19(27-4)17(10-14)26-3/h9-10,15H,5-8,11-13,20H2,1-4H3. The zero-order valence-corrected chi connectivity index (χ0v) is 16.7. The molecule has 0 aromatic heterocycles. The molecule has 1 aromatic rings. The van der Waals surface area contributed by atoms with Gasteiger partial charge in [0.05, 0.1) is 33.9 Å². The lowest BCUT2D eigenvalue weighted by molar-refractivity contribution is -0.135. The van der Waals surface area contributed by atoms with Crippen LogP contribution >= 0.6 is 0 Å². The monoisotopic (exact) mass is 381 g/mol. The summed E-state index contributed by atoms with van der Waals surface area (Å²) in [7, 11) is 6.40. The van der Waals surface area contributed by atoms with Crippen molar-refractivity contribution >= 4 is 5.91 Å². The molecular weight excluding hydrogens is 350 g/mol. The van der Waals surface area contributed by atoms with Gasteiger partial charge in [0.2, 0.25) is 11.7 Å². The van der Waals surface area contributed by atoms with Crippen LogP contribution < -0.4 is 19.9 Å². The zero-order chi connectivity index (χ0) is 19.8. The maximum atomic E-state index is 12.4. The number of benzene rings is 1. The topological polar surface area (TPSA) is 86.5 Å². The van der Waals surface area contributed by atoms with Crippen LogP contribution in [0.25, 0.3) is 0 Å². The molecule has 1 unspecified atom stereocenters. The van der Waals surface area contributed by atoms with Crippen LogP contribution in [0, 0.1) is 0 Å². The number of nitrogens with zero attached hydrogens (tertiary/aromatic N) is 2. The van der Waals surface area contributed by atoms with Gasteiger partial charge in [0.15, 0.2) is 11.5 Å². The number of methoxy groups -OCH3 is 4. The summed E-state index contributed by atoms with van der Waals surface area (Å²) < 4.78 is 21.4. The molecule has 2 N–H and O–H groups in total. The highest BCUT2D eigenvalue weighted by molar-refractivity contribution is 5.76. The van der Waals surface area contributed by atoms with E-state index in [4.69, 9.17) is 24.7 Å². The van der Waals surface area contributed by atoms with Crippen molar-refractivity contribution < 1.29 is 23.7 Å². The Morgan fingerprint density at radius 1 is 1.04 bits per heavy atom. The highest BCUT2D eigenvalue weighted by atomic mass is 16.5.